The molecule has 0 saturated heterocycles. The molecule has 2 aromatic heterocycles. The first-order chi connectivity index (χ1) is 9.79. The van der Waals surface area contributed by atoms with Gasteiger partial charge in [-0.15, -0.1) is 0 Å². The predicted molar refractivity (Wildman–Crippen MR) is 78.3 cm³/mol. The lowest BCUT2D eigenvalue weighted by Crippen LogP contribution is -2.01. The summed E-state index contributed by atoms with van der Waals surface area (Å²) in [7, 11) is 1.91. The fraction of sp³-hybridized carbons (Fsp3) is 0.200. The molecule has 0 amide bonds. The summed E-state index contributed by atoms with van der Waals surface area (Å²) in [5.41, 5.74) is 2.39. The third kappa shape index (κ3) is 3.06. The molecule has 0 aliphatic rings. The molecule has 5 nitrogen and oxygen atoms in total. The molecule has 0 saturated carbocycles. The first-order valence-electron chi connectivity index (χ1n) is 6.58. The second-order valence-electron chi connectivity index (χ2n) is 4.76. The van der Waals surface area contributed by atoms with Crippen LogP contribution in [0.3, 0.4) is 0 Å². The summed E-state index contributed by atoms with van der Waals surface area (Å²) in [5.74, 6) is 0.878. The van der Waals surface area contributed by atoms with Gasteiger partial charge in [0.25, 0.3) is 0 Å². The second-order valence-corrected chi connectivity index (χ2v) is 4.76. The number of hydrogen-bond acceptors (Lipinski definition) is 3. The minimum atomic E-state index is 0.728. The molecule has 0 aliphatic carbocycles. The summed E-state index contributed by atoms with van der Waals surface area (Å²) in [4.78, 5) is 0. The fourth-order valence-electron chi connectivity index (χ4n) is 2.06. The Bertz CT molecular complexity index is 668. The standard InChI is InChI=1S/C15H17N5/c1-19-8-7-15(18-19)16-9-14-10-17-20(12-14)11-13-5-3-2-4-6-13/h2-8,10,12H,9,11H2,1H3,(H,16,18). The number of nitrogens with one attached hydrogen (secondary N) is 1. The van der Waals surface area contributed by atoms with Crippen molar-refractivity contribution in [1.29, 1.82) is 0 Å². The molecule has 102 valence electrons. The SMILES string of the molecule is Cn1ccc(NCc2cnn(Cc3ccccc3)c2)n1. The number of aromatic nitrogens is 4. The van der Waals surface area contributed by atoms with Gasteiger partial charge >= 0.3 is 0 Å². The molecule has 0 fully saturated rings. The van der Waals surface area contributed by atoms with E-state index in [4.69, 9.17) is 0 Å². The Labute approximate surface area is 117 Å². The van der Waals surface area contributed by atoms with Crippen LogP contribution in [0, 0.1) is 0 Å². The van der Waals surface area contributed by atoms with Crippen molar-refractivity contribution < 1.29 is 0 Å². The van der Waals surface area contributed by atoms with Crippen molar-refractivity contribution in [3.8, 4) is 0 Å². The zero-order valence-corrected chi connectivity index (χ0v) is 11.4. The van der Waals surface area contributed by atoms with Crippen LogP contribution in [0.2, 0.25) is 0 Å². The van der Waals surface area contributed by atoms with Gasteiger partial charge < -0.3 is 5.32 Å². The Hall–Kier alpha value is -2.56. The average Bonchev–Trinajstić information content (AvgIpc) is 3.07. The number of benzene rings is 1. The maximum atomic E-state index is 4.38. The van der Waals surface area contributed by atoms with Crippen molar-refractivity contribution >= 4 is 5.82 Å². The third-order valence-corrected chi connectivity index (χ3v) is 3.06. The van der Waals surface area contributed by atoms with Crippen molar-refractivity contribution in [2.45, 2.75) is 13.1 Å². The second kappa shape index (κ2) is 5.61. The lowest BCUT2D eigenvalue weighted by atomic mass is 10.2. The van der Waals surface area contributed by atoms with Crippen LogP contribution >= 0.6 is 0 Å². The highest BCUT2D eigenvalue weighted by Crippen LogP contribution is 2.07. The summed E-state index contributed by atoms with van der Waals surface area (Å²) in [5, 5.41) is 11.9. The molecule has 1 N–H and O–H groups in total. The van der Waals surface area contributed by atoms with Crippen LogP contribution in [0.1, 0.15) is 11.1 Å². The molecule has 3 rings (SSSR count). The van der Waals surface area contributed by atoms with Crippen LogP contribution < -0.4 is 5.32 Å². The van der Waals surface area contributed by atoms with Gasteiger partial charge in [0.15, 0.2) is 0 Å². The molecular weight excluding hydrogens is 250 g/mol. The molecule has 2 heterocycles. The molecule has 0 aliphatic heterocycles. The van der Waals surface area contributed by atoms with Crippen LogP contribution in [0.5, 0.6) is 0 Å². The van der Waals surface area contributed by atoms with Crippen molar-refractivity contribution in [3.63, 3.8) is 0 Å². The topological polar surface area (TPSA) is 47.7 Å². The first-order valence-corrected chi connectivity index (χ1v) is 6.58. The van der Waals surface area contributed by atoms with Gasteiger partial charge in [0, 0.05) is 37.6 Å². The maximum absolute atomic E-state index is 4.38. The van der Waals surface area contributed by atoms with Gasteiger partial charge in [0.05, 0.1) is 12.7 Å². The van der Waals surface area contributed by atoms with E-state index in [1.807, 2.05) is 48.4 Å². The zero-order chi connectivity index (χ0) is 13.8. The van der Waals surface area contributed by atoms with Crippen LogP contribution in [0.4, 0.5) is 5.82 Å². The molecule has 5 heteroatoms. The molecule has 3 aromatic rings. The van der Waals surface area contributed by atoms with Crippen molar-refractivity contribution in [1.82, 2.24) is 19.6 Å². The molecule has 1 aromatic carbocycles. The van der Waals surface area contributed by atoms with E-state index >= 15 is 0 Å². The first kappa shape index (κ1) is 12.5. The van der Waals surface area contributed by atoms with Crippen molar-refractivity contribution in [3.05, 3.63) is 66.1 Å². The molecule has 0 unspecified atom stereocenters. The number of rotatable bonds is 5. The Morgan fingerprint density at radius 1 is 1.10 bits per heavy atom. The van der Waals surface area contributed by atoms with E-state index in [-0.39, 0.29) is 0 Å². The molecular formula is C15H17N5. The van der Waals surface area contributed by atoms with E-state index in [1.54, 1.807) is 4.68 Å². The van der Waals surface area contributed by atoms with Gasteiger partial charge in [-0.05, 0) is 5.56 Å². The third-order valence-electron chi connectivity index (χ3n) is 3.06. The van der Waals surface area contributed by atoms with E-state index in [0.717, 1.165) is 24.5 Å². The largest absolute Gasteiger partial charge is 0.364 e. The Morgan fingerprint density at radius 2 is 1.95 bits per heavy atom. The summed E-state index contributed by atoms with van der Waals surface area (Å²) in [6, 6.07) is 12.3. The quantitative estimate of drug-likeness (QED) is 0.771. The van der Waals surface area contributed by atoms with Gasteiger partial charge in [-0.25, -0.2) is 0 Å². The molecule has 0 bridgehead atoms. The minimum Gasteiger partial charge on any atom is -0.364 e. The van der Waals surface area contributed by atoms with Gasteiger partial charge in [-0.2, -0.15) is 10.2 Å². The Morgan fingerprint density at radius 3 is 2.70 bits per heavy atom. The van der Waals surface area contributed by atoms with Crippen LogP contribution in [-0.2, 0) is 20.1 Å². The van der Waals surface area contributed by atoms with E-state index in [0.29, 0.717) is 0 Å². The number of nitrogens with zero attached hydrogens (tertiary/aromatic N) is 4. The fourth-order valence-corrected chi connectivity index (χ4v) is 2.06. The van der Waals surface area contributed by atoms with Crippen molar-refractivity contribution in [2.75, 3.05) is 5.32 Å². The van der Waals surface area contributed by atoms with Crippen LogP contribution in [0.15, 0.2) is 55.0 Å². The molecule has 0 radical (unpaired) electrons. The van der Waals surface area contributed by atoms with E-state index in [2.05, 4.69) is 33.8 Å². The lowest BCUT2D eigenvalue weighted by molar-refractivity contribution is 0.686. The van der Waals surface area contributed by atoms with Gasteiger partial charge in [0.2, 0.25) is 0 Å². The van der Waals surface area contributed by atoms with Crippen LogP contribution in [0.25, 0.3) is 0 Å². The summed E-state index contributed by atoms with van der Waals surface area (Å²) in [6.07, 6.45) is 5.86. The highest BCUT2D eigenvalue weighted by atomic mass is 15.3. The summed E-state index contributed by atoms with van der Waals surface area (Å²) >= 11 is 0. The van der Waals surface area contributed by atoms with Gasteiger partial charge in [-0.1, -0.05) is 30.3 Å². The summed E-state index contributed by atoms with van der Waals surface area (Å²) in [6.45, 7) is 1.52. The molecule has 20 heavy (non-hydrogen) atoms. The minimum absolute atomic E-state index is 0.728. The predicted octanol–water partition coefficient (Wildman–Crippen LogP) is 2.28. The highest BCUT2D eigenvalue weighted by Gasteiger charge is 2.01. The normalized spacial score (nSPS) is 10.7. The maximum Gasteiger partial charge on any atom is 0.148 e. The zero-order valence-electron chi connectivity index (χ0n) is 11.4. The lowest BCUT2D eigenvalue weighted by Gasteiger charge is -2.01. The number of anilines is 1. The summed E-state index contributed by atoms with van der Waals surface area (Å²) < 4.78 is 3.73. The number of aryl methyl sites for hydroxylation is 1. The Balaban J connectivity index is 1.59. The van der Waals surface area contributed by atoms with E-state index < -0.39 is 0 Å². The smallest absolute Gasteiger partial charge is 0.148 e. The van der Waals surface area contributed by atoms with Crippen LogP contribution in [-0.4, -0.2) is 19.6 Å². The number of hydrogen-bond donors (Lipinski definition) is 1. The monoisotopic (exact) mass is 267 g/mol. The average molecular weight is 267 g/mol. The van der Waals surface area contributed by atoms with Crippen molar-refractivity contribution in [2.24, 2.45) is 7.05 Å². The van der Waals surface area contributed by atoms with E-state index in [9.17, 15) is 0 Å². The van der Waals surface area contributed by atoms with E-state index in [1.165, 1.54) is 5.56 Å². The Kier molecular flexibility index (Phi) is 3.50. The highest BCUT2D eigenvalue weighted by molar-refractivity contribution is 5.33. The van der Waals surface area contributed by atoms with Gasteiger partial charge in [0.1, 0.15) is 5.82 Å². The van der Waals surface area contributed by atoms with Gasteiger partial charge in [-0.3, -0.25) is 9.36 Å². The molecule has 0 spiro atoms. The molecule has 0 atom stereocenters.